The lowest BCUT2D eigenvalue weighted by atomic mass is 9.71. The number of methoxy groups -OCH3 is 1. The second-order valence-corrected chi connectivity index (χ2v) is 7.31. The Bertz CT molecular complexity index is 443. The largest absolute Gasteiger partial charge is 0.383 e. The number of hydrogen-bond donors (Lipinski definition) is 0. The standard InChI is InChI=1S/C17H28N2O3/c1-13-12-14(13)15(20)18-8-5-17(6-9-18)4-3-7-19(16(17)21)10-11-22-2/h13-14H,3-12H2,1-2H3/t13-,14+/m0/s1. The van der Waals surface area contributed by atoms with E-state index in [1.807, 2.05) is 9.80 Å². The van der Waals surface area contributed by atoms with Crippen LogP contribution < -0.4 is 0 Å². The molecular formula is C17H28N2O3. The summed E-state index contributed by atoms with van der Waals surface area (Å²) in [4.78, 5) is 29.2. The summed E-state index contributed by atoms with van der Waals surface area (Å²) in [6.07, 6.45) is 4.77. The Morgan fingerprint density at radius 1 is 1.27 bits per heavy atom. The Kier molecular flexibility index (Phi) is 4.44. The third-order valence-corrected chi connectivity index (χ3v) is 5.85. The quantitative estimate of drug-likeness (QED) is 0.791. The van der Waals surface area contributed by atoms with Crippen molar-refractivity contribution in [2.24, 2.45) is 17.3 Å². The van der Waals surface area contributed by atoms with Crippen molar-refractivity contribution < 1.29 is 14.3 Å². The van der Waals surface area contributed by atoms with Crippen molar-refractivity contribution in [3.05, 3.63) is 0 Å². The molecule has 0 N–H and O–H groups in total. The van der Waals surface area contributed by atoms with Crippen LogP contribution >= 0.6 is 0 Å². The van der Waals surface area contributed by atoms with E-state index in [9.17, 15) is 9.59 Å². The van der Waals surface area contributed by atoms with Gasteiger partial charge in [-0.05, 0) is 38.0 Å². The monoisotopic (exact) mass is 308 g/mol. The van der Waals surface area contributed by atoms with E-state index in [0.717, 1.165) is 51.7 Å². The molecule has 3 fully saturated rings. The van der Waals surface area contributed by atoms with Gasteiger partial charge in [0.2, 0.25) is 11.8 Å². The zero-order valence-electron chi connectivity index (χ0n) is 13.8. The molecular weight excluding hydrogens is 280 g/mol. The predicted octanol–water partition coefficient (Wildman–Crippen LogP) is 1.52. The Labute approximate surface area is 133 Å². The van der Waals surface area contributed by atoms with Crippen molar-refractivity contribution in [3.8, 4) is 0 Å². The maximum Gasteiger partial charge on any atom is 0.229 e. The summed E-state index contributed by atoms with van der Waals surface area (Å²) in [6, 6.07) is 0. The lowest BCUT2D eigenvalue weighted by Crippen LogP contribution is -2.55. The van der Waals surface area contributed by atoms with Gasteiger partial charge in [0.25, 0.3) is 0 Å². The van der Waals surface area contributed by atoms with E-state index in [0.29, 0.717) is 30.9 Å². The number of piperidine rings is 2. The minimum Gasteiger partial charge on any atom is -0.383 e. The molecule has 1 saturated carbocycles. The number of carbonyl (C=O) groups is 2. The van der Waals surface area contributed by atoms with Crippen molar-refractivity contribution in [2.75, 3.05) is 39.9 Å². The molecule has 1 aliphatic carbocycles. The molecule has 2 saturated heterocycles. The van der Waals surface area contributed by atoms with Crippen molar-refractivity contribution in [3.63, 3.8) is 0 Å². The molecule has 5 nitrogen and oxygen atoms in total. The number of likely N-dealkylation sites (tertiary alicyclic amines) is 2. The molecule has 5 heteroatoms. The van der Waals surface area contributed by atoms with Crippen LogP contribution in [0.3, 0.4) is 0 Å². The van der Waals surface area contributed by atoms with E-state index >= 15 is 0 Å². The molecule has 0 aromatic rings. The highest BCUT2D eigenvalue weighted by atomic mass is 16.5. The summed E-state index contributed by atoms with van der Waals surface area (Å²) in [6.45, 7) is 5.81. The van der Waals surface area contributed by atoms with Gasteiger partial charge in [0.1, 0.15) is 0 Å². The van der Waals surface area contributed by atoms with E-state index in [1.165, 1.54) is 0 Å². The number of carbonyl (C=O) groups excluding carboxylic acids is 2. The van der Waals surface area contributed by atoms with Crippen LogP contribution in [0.2, 0.25) is 0 Å². The van der Waals surface area contributed by atoms with Gasteiger partial charge in [-0.2, -0.15) is 0 Å². The lowest BCUT2D eigenvalue weighted by Gasteiger charge is -2.46. The van der Waals surface area contributed by atoms with Crippen LogP contribution in [0.4, 0.5) is 0 Å². The van der Waals surface area contributed by atoms with Crippen LogP contribution in [0, 0.1) is 17.3 Å². The first-order valence-corrected chi connectivity index (χ1v) is 8.64. The van der Waals surface area contributed by atoms with Gasteiger partial charge in [-0.15, -0.1) is 0 Å². The molecule has 0 aromatic carbocycles. The highest BCUT2D eigenvalue weighted by Crippen LogP contribution is 2.43. The molecule has 2 heterocycles. The number of hydrogen-bond acceptors (Lipinski definition) is 3. The molecule has 2 aliphatic heterocycles. The second-order valence-electron chi connectivity index (χ2n) is 7.31. The van der Waals surface area contributed by atoms with Crippen molar-refractivity contribution >= 4 is 11.8 Å². The Hall–Kier alpha value is -1.10. The normalized spacial score (nSPS) is 30.7. The fourth-order valence-electron chi connectivity index (χ4n) is 4.09. The average Bonchev–Trinajstić information content (AvgIpc) is 3.26. The van der Waals surface area contributed by atoms with Gasteiger partial charge in [0.15, 0.2) is 0 Å². The summed E-state index contributed by atoms with van der Waals surface area (Å²) in [7, 11) is 1.67. The van der Waals surface area contributed by atoms with Crippen LogP contribution in [-0.2, 0) is 14.3 Å². The number of ether oxygens (including phenoxy) is 1. The van der Waals surface area contributed by atoms with Gasteiger partial charge in [-0.1, -0.05) is 6.92 Å². The first-order valence-electron chi connectivity index (χ1n) is 8.64. The third-order valence-electron chi connectivity index (χ3n) is 5.85. The minimum atomic E-state index is -0.210. The predicted molar refractivity (Wildman–Crippen MR) is 83.2 cm³/mol. The fourth-order valence-corrected chi connectivity index (χ4v) is 4.09. The molecule has 2 atom stereocenters. The molecule has 0 unspecified atom stereocenters. The lowest BCUT2D eigenvalue weighted by molar-refractivity contribution is -0.153. The summed E-state index contributed by atoms with van der Waals surface area (Å²) in [5.74, 6) is 1.43. The third kappa shape index (κ3) is 2.87. The summed E-state index contributed by atoms with van der Waals surface area (Å²) >= 11 is 0. The van der Waals surface area contributed by atoms with Gasteiger partial charge in [0, 0.05) is 39.2 Å². The van der Waals surface area contributed by atoms with Crippen molar-refractivity contribution in [1.29, 1.82) is 0 Å². The van der Waals surface area contributed by atoms with E-state index in [2.05, 4.69) is 6.92 Å². The average molecular weight is 308 g/mol. The highest BCUT2D eigenvalue weighted by Gasteiger charge is 2.48. The summed E-state index contributed by atoms with van der Waals surface area (Å²) < 4.78 is 5.11. The van der Waals surface area contributed by atoms with Crippen LogP contribution in [0.5, 0.6) is 0 Å². The smallest absolute Gasteiger partial charge is 0.229 e. The Balaban J connectivity index is 1.58. The van der Waals surface area contributed by atoms with Crippen molar-refractivity contribution in [1.82, 2.24) is 9.80 Å². The SMILES string of the molecule is COCCN1CCCC2(CCN(C(=O)[C@@H]3C[C@@H]3C)CC2)C1=O. The molecule has 2 amide bonds. The Morgan fingerprint density at radius 3 is 2.55 bits per heavy atom. The van der Waals surface area contributed by atoms with Crippen LogP contribution in [-0.4, -0.2) is 61.5 Å². The van der Waals surface area contributed by atoms with E-state index in [-0.39, 0.29) is 11.3 Å². The molecule has 3 rings (SSSR count). The van der Waals surface area contributed by atoms with Gasteiger partial charge < -0.3 is 14.5 Å². The molecule has 3 aliphatic rings. The van der Waals surface area contributed by atoms with Gasteiger partial charge in [-0.25, -0.2) is 0 Å². The van der Waals surface area contributed by atoms with Crippen molar-refractivity contribution in [2.45, 2.75) is 39.0 Å². The topological polar surface area (TPSA) is 49.9 Å². The highest BCUT2D eigenvalue weighted by molar-refractivity contribution is 5.85. The maximum absolute atomic E-state index is 12.8. The van der Waals surface area contributed by atoms with Crippen LogP contribution in [0.1, 0.15) is 39.0 Å². The number of amides is 2. The van der Waals surface area contributed by atoms with E-state index < -0.39 is 0 Å². The van der Waals surface area contributed by atoms with Gasteiger partial charge >= 0.3 is 0 Å². The molecule has 0 aromatic heterocycles. The van der Waals surface area contributed by atoms with Gasteiger partial charge in [-0.3, -0.25) is 9.59 Å². The molecule has 124 valence electrons. The maximum atomic E-state index is 12.8. The minimum absolute atomic E-state index is 0.210. The molecule has 22 heavy (non-hydrogen) atoms. The van der Waals surface area contributed by atoms with Crippen LogP contribution in [0.15, 0.2) is 0 Å². The zero-order chi connectivity index (χ0) is 15.7. The number of nitrogens with zero attached hydrogens (tertiary/aromatic N) is 2. The first-order chi connectivity index (χ1) is 10.6. The zero-order valence-corrected chi connectivity index (χ0v) is 13.8. The number of rotatable bonds is 4. The summed E-state index contributed by atoms with van der Waals surface area (Å²) in [5, 5.41) is 0. The second kappa shape index (κ2) is 6.19. The van der Waals surface area contributed by atoms with Crippen LogP contribution in [0.25, 0.3) is 0 Å². The molecule has 0 radical (unpaired) electrons. The molecule has 1 spiro atoms. The fraction of sp³-hybridized carbons (Fsp3) is 0.882. The van der Waals surface area contributed by atoms with E-state index in [1.54, 1.807) is 7.11 Å². The van der Waals surface area contributed by atoms with E-state index in [4.69, 9.17) is 4.74 Å². The molecule has 0 bridgehead atoms. The first kappa shape index (κ1) is 15.8. The Morgan fingerprint density at radius 2 is 1.95 bits per heavy atom. The van der Waals surface area contributed by atoms with Gasteiger partial charge in [0.05, 0.1) is 12.0 Å². The summed E-state index contributed by atoms with van der Waals surface area (Å²) in [5.41, 5.74) is -0.210.